The molecule has 2 rings (SSSR count). The number of para-hydroxylation sites is 1. The van der Waals surface area contributed by atoms with Gasteiger partial charge in [0.2, 0.25) is 5.82 Å². The summed E-state index contributed by atoms with van der Waals surface area (Å²) in [6.07, 6.45) is 2.01. The van der Waals surface area contributed by atoms with Crippen LogP contribution in [-0.2, 0) is 6.42 Å². The van der Waals surface area contributed by atoms with Gasteiger partial charge >= 0.3 is 5.69 Å². The van der Waals surface area contributed by atoms with Crippen LogP contribution in [0.3, 0.4) is 0 Å². The quantitative estimate of drug-likeness (QED) is 0.498. The highest BCUT2D eigenvalue weighted by Crippen LogP contribution is 2.31. The summed E-state index contributed by atoms with van der Waals surface area (Å²) in [6.45, 7) is 3.61. The van der Waals surface area contributed by atoms with Crippen LogP contribution >= 0.6 is 0 Å². The molecule has 2 aromatic rings. The van der Waals surface area contributed by atoms with Crippen LogP contribution in [0.25, 0.3) is 10.9 Å². The standard InChI is InChI=1S/C12H11N3O2/c1-2-5-9-8-6-3-4-7-10(8)14-12(13)11(9)15(16)17/h2-4,6-7H,1,5H2,(H2,13,14). The van der Waals surface area contributed by atoms with Crippen molar-refractivity contribution >= 4 is 22.4 Å². The molecule has 1 heterocycles. The van der Waals surface area contributed by atoms with Gasteiger partial charge in [0.05, 0.1) is 10.4 Å². The monoisotopic (exact) mass is 229 g/mol. The summed E-state index contributed by atoms with van der Waals surface area (Å²) >= 11 is 0. The maximum absolute atomic E-state index is 11.0. The minimum absolute atomic E-state index is 0.0504. The van der Waals surface area contributed by atoms with Crippen LogP contribution in [0, 0.1) is 10.1 Å². The number of nitrogens with zero attached hydrogens (tertiary/aromatic N) is 2. The average molecular weight is 229 g/mol. The lowest BCUT2D eigenvalue weighted by Gasteiger charge is -2.07. The summed E-state index contributed by atoms with van der Waals surface area (Å²) in [5, 5.41) is 11.8. The van der Waals surface area contributed by atoms with E-state index >= 15 is 0 Å². The van der Waals surface area contributed by atoms with Gasteiger partial charge in [-0.1, -0.05) is 24.3 Å². The minimum atomic E-state index is -0.492. The second kappa shape index (κ2) is 4.21. The molecule has 0 bridgehead atoms. The molecule has 0 saturated heterocycles. The molecule has 5 heteroatoms. The van der Waals surface area contributed by atoms with E-state index in [9.17, 15) is 10.1 Å². The van der Waals surface area contributed by atoms with E-state index in [2.05, 4.69) is 11.6 Å². The highest BCUT2D eigenvalue weighted by atomic mass is 16.6. The number of nitro groups is 1. The van der Waals surface area contributed by atoms with E-state index in [0.29, 0.717) is 17.5 Å². The lowest BCUT2D eigenvalue weighted by Crippen LogP contribution is -2.03. The van der Waals surface area contributed by atoms with E-state index in [1.54, 1.807) is 18.2 Å². The third-order valence-corrected chi connectivity index (χ3v) is 2.53. The Morgan fingerprint density at radius 3 is 2.82 bits per heavy atom. The Balaban J connectivity index is 2.87. The van der Waals surface area contributed by atoms with Gasteiger partial charge in [-0.05, 0) is 12.5 Å². The fraction of sp³-hybridized carbons (Fsp3) is 0.0833. The van der Waals surface area contributed by atoms with Gasteiger partial charge in [0, 0.05) is 10.9 Å². The zero-order chi connectivity index (χ0) is 12.4. The van der Waals surface area contributed by atoms with E-state index < -0.39 is 4.92 Å². The van der Waals surface area contributed by atoms with Gasteiger partial charge in [0.1, 0.15) is 0 Å². The van der Waals surface area contributed by atoms with Crippen LogP contribution in [0.15, 0.2) is 36.9 Å². The second-order valence-corrected chi connectivity index (χ2v) is 3.59. The summed E-state index contributed by atoms with van der Waals surface area (Å²) in [6, 6.07) is 7.21. The Hall–Kier alpha value is -2.43. The van der Waals surface area contributed by atoms with E-state index in [4.69, 9.17) is 5.73 Å². The van der Waals surface area contributed by atoms with Crippen LogP contribution in [0.1, 0.15) is 5.56 Å². The number of aromatic nitrogens is 1. The molecule has 0 radical (unpaired) electrons. The van der Waals surface area contributed by atoms with Crippen molar-refractivity contribution < 1.29 is 4.92 Å². The Morgan fingerprint density at radius 2 is 2.18 bits per heavy atom. The van der Waals surface area contributed by atoms with Crippen LogP contribution < -0.4 is 5.73 Å². The maximum Gasteiger partial charge on any atom is 0.315 e. The smallest absolute Gasteiger partial charge is 0.315 e. The Labute approximate surface area is 97.7 Å². The largest absolute Gasteiger partial charge is 0.378 e. The fourth-order valence-corrected chi connectivity index (χ4v) is 1.85. The molecule has 0 aliphatic heterocycles. The zero-order valence-electron chi connectivity index (χ0n) is 9.09. The Bertz CT molecular complexity index is 608. The second-order valence-electron chi connectivity index (χ2n) is 3.59. The molecular weight excluding hydrogens is 218 g/mol. The number of pyridine rings is 1. The van der Waals surface area contributed by atoms with Crippen LogP contribution in [0.4, 0.5) is 11.5 Å². The maximum atomic E-state index is 11.0. The van der Waals surface area contributed by atoms with Gasteiger partial charge in [-0.2, -0.15) is 0 Å². The van der Waals surface area contributed by atoms with Crippen LogP contribution in [-0.4, -0.2) is 9.91 Å². The van der Waals surface area contributed by atoms with Crippen molar-refractivity contribution in [2.45, 2.75) is 6.42 Å². The van der Waals surface area contributed by atoms with Crippen LogP contribution in [0.2, 0.25) is 0 Å². The van der Waals surface area contributed by atoms with E-state index in [1.165, 1.54) is 0 Å². The summed E-state index contributed by atoms with van der Waals surface area (Å²) in [5.74, 6) is -0.0504. The van der Waals surface area contributed by atoms with Gasteiger partial charge in [0.15, 0.2) is 0 Å². The number of benzene rings is 1. The lowest BCUT2D eigenvalue weighted by atomic mass is 10.0. The van der Waals surface area contributed by atoms with Crippen molar-refractivity contribution in [1.82, 2.24) is 4.98 Å². The molecule has 5 nitrogen and oxygen atoms in total. The number of rotatable bonds is 3. The molecule has 17 heavy (non-hydrogen) atoms. The molecule has 0 aliphatic carbocycles. The number of anilines is 1. The van der Waals surface area contributed by atoms with Crippen molar-refractivity contribution in [2.24, 2.45) is 0 Å². The molecular formula is C12H11N3O2. The first-order valence-corrected chi connectivity index (χ1v) is 5.07. The van der Waals surface area contributed by atoms with Crippen molar-refractivity contribution in [3.05, 3.63) is 52.6 Å². The third kappa shape index (κ3) is 1.82. The van der Waals surface area contributed by atoms with Crippen molar-refractivity contribution in [3.8, 4) is 0 Å². The number of nitrogens with two attached hydrogens (primary N) is 1. The fourth-order valence-electron chi connectivity index (χ4n) is 1.85. The summed E-state index contributed by atoms with van der Waals surface area (Å²) in [7, 11) is 0. The molecule has 1 aromatic carbocycles. The Kier molecular flexibility index (Phi) is 2.74. The molecule has 0 atom stereocenters. The van der Waals surface area contributed by atoms with Crippen molar-refractivity contribution in [1.29, 1.82) is 0 Å². The molecule has 0 amide bonds. The summed E-state index contributed by atoms with van der Waals surface area (Å²) in [5.41, 5.74) is 6.73. The van der Waals surface area contributed by atoms with Crippen LogP contribution in [0.5, 0.6) is 0 Å². The molecule has 86 valence electrons. The van der Waals surface area contributed by atoms with E-state index in [-0.39, 0.29) is 11.5 Å². The van der Waals surface area contributed by atoms with E-state index in [0.717, 1.165) is 5.39 Å². The first-order chi connectivity index (χ1) is 8.15. The highest BCUT2D eigenvalue weighted by molar-refractivity contribution is 5.88. The SMILES string of the molecule is C=CCc1c([N+](=O)[O-])c(N)nc2ccccc12. The topological polar surface area (TPSA) is 82.0 Å². The van der Waals surface area contributed by atoms with Gasteiger partial charge in [-0.25, -0.2) is 4.98 Å². The number of hydrogen-bond acceptors (Lipinski definition) is 4. The minimum Gasteiger partial charge on any atom is -0.378 e. The molecule has 2 N–H and O–H groups in total. The first-order valence-electron chi connectivity index (χ1n) is 5.07. The van der Waals surface area contributed by atoms with Gasteiger partial charge < -0.3 is 5.73 Å². The normalized spacial score (nSPS) is 10.4. The molecule has 1 aromatic heterocycles. The summed E-state index contributed by atoms with van der Waals surface area (Å²) < 4.78 is 0. The average Bonchev–Trinajstić information content (AvgIpc) is 2.28. The number of allylic oxidation sites excluding steroid dienone is 1. The highest BCUT2D eigenvalue weighted by Gasteiger charge is 2.21. The lowest BCUT2D eigenvalue weighted by molar-refractivity contribution is -0.384. The van der Waals surface area contributed by atoms with Gasteiger partial charge in [-0.15, -0.1) is 6.58 Å². The molecule has 0 spiro atoms. The molecule has 0 unspecified atom stereocenters. The zero-order valence-corrected chi connectivity index (χ0v) is 9.09. The number of hydrogen-bond donors (Lipinski definition) is 1. The van der Waals surface area contributed by atoms with Gasteiger partial charge in [0.25, 0.3) is 0 Å². The summed E-state index contributed by atoms with van der Waals surface area (Å²) in [4.78, 5) is 14.6. The molecule has 0 saturated carbocycles. The number of nitrogen functional groups attached to an aromatic ring is 1. The van der Waals surface area contributed by atoms with Crippen molar-refractivity contribution in [3.63, 3.8) is 0 Å². The third-order valence-electron chi connectivity index (χ3n) is 2.53. The Morgan fingerprint density at radius 1 is 1.47 bits per heavy atom. The molecule has 0 aliphatic rings. The predicted molar refractivity (Wildman–Crippen MR) is 66.7 cm³/mol. The van der Waals surface area contributed by atoms with E-state index in [1.807, 2.05) is 12.1 Å². The van der Waals surface area contributed by atoms with Gasteiger partial charge in [-0.3, -0.25) is 10.1 Å². The molecule has 0 fully saturated rings. The predicted octanol–water partition coefficient (Wildman–Crippen LogP) is 2.45. The first kappa shape index (κ1) is 11.1. The number of fused-ring (bicyclic) bond motifs is 1. The van der Waals surface area contributed by atoms with Crippen molar-refractivity contribution in [2.75, 3.05) is 5.73 Å².